The number of rotatable bonds is 3. The van der Waals surface area contributed by atoms with E-state index in [4.69, 9.17) is 4.74 Å². The van der Waals surface area contributed by atoms with Crippen molar-refractivity contribution in [2.45, 2.75) is 36.6 Å². The fourth-order valence-corrected chi connectivity index (χ4v) is 4.78. The molecule has 4 rings (SSSR count). The van der Waals surface area contributed by atoms with Gasteiger partial charge in [-0.2, -0.15) is 0 Å². The number of benzene rings is 2. The third-order valence-electron chi connectivity index (χ3n) is 4.70. The van der Waals surface area contributed by atoms with Crippen LogP contribution in [0, 0.1) is 5.82 Å². The van der Waals surface area contributed by atoms with Gasteiger partial charge in [-0.1, -0.05) is 18.2 Å². The molecule has 1 atom stereocenters. The summed E-state index contributed by atoms with van der Waals surface area (Å²) in [6, 6.07) is 9.41. The lowest BCUT2D eigenvalue weighted by Gasteiger charge is -2.26. The molecular weight excluding hydrogens is 329 g/mol. The minimum atomic E-state index is -3.67. The van der Waals surface area contributed by atoms with Crippen molar-refractivity contribution >= 4 is 10.0 Å². The molecule has 2 aromatic carbocycles. The molecule has 0 amide bonds. The predicted molar refractivity (Wildman–Crippen MR) is 88.0 cm³/mol. The maximum atomic E-state index is 13.8. The third-order valence-corrected chi connectivity index (χ3v) is 6.17. The molecular formula is C18H18FNO3S. The number of nitrogens with one attached hydrogen (secondary N) is 1. The Balaban J connectivity index is 1.65. The van der Waals surface area contributed by atoms with Gasteiger partial charge >= 0.3 is 0 Å². The van der Waals surface area contributed by atoms with Crippen LogP contribution in [-0.4, -0.2) is 15.0 Å². The zero-order valence-electron chi connectivity index (χ0n) is 13.1. The van der Waals surface area contributed by atoms with E-state index in [0.717, 1.165) is 24.8 Å². The fraction of sp³-hybridized carbons (Fsp3) is 0.333. The predicted octanol–water partition coefficient (Wildman–Crippen LogP) is 3.12. The molecule has 24 heavy (non-hydrogen) atoms. The molecule has 126 valence electrons. The van der Waals surface area contributed by atoms with Crippen molar-refractivity contribution < 1.29 is 17.5 Å². The van der Waals surface area contributed by atoms with E-state index in [0.29, 0.717) is 12.0 Å². The molecule has 4 nitrogen and oxygen atoms in total. The first-order valence-corrected chi connectivity index (χ1v) is 9.58. The van der Waals surface area contributed by atoms with E-state index in [-0.39, 0.29) is 17.3 Å². The second-order valence-corrected chi connectivity index (χ2v) is 7.97. The monoisotopic (exact) mass is 347 g/mol. The van der Waals surface area contributed by atoms with Crippen LogP contribution in [0.1, 0.15) is 35.6 Å². The van der Waals surface area contributed by atoms with Crippen LogP contribution in [0.15, 0.2) is 41.3 Å². The lowest BCUT2D eigenvalue weighted by molar-refractivity contribution is 0.250. The highest BCUT2D eigenvalue weighted by Gasteiger charge is 2.29. The van der Waals surface area contributed by atoms with E-state index < -0.39 is 21.9 Å². The SMILES string of the molecule is O=S(=O)(N[C@H]1CCOc2c(F)cccc21)c1ccc2c(c1)CCC2. The van der Waals surface area contributed by atoms with Gasteiger partial charge in [0.05, 0.1) is 17.5 Å². The molecule has 0 aromatic heterocycles. The molecule has 0 unspecified atom stereocenters. The number of ether oxygens (including phenoxy) is 1. The number of hydrogen-bond donors (Lipinski definition) is 1. The second-order valence-electron chi connectivity index (χ2n) is 6.25. The van der Waals surface area contributed by atoms with E-state index >= 15 is 0 Å². The standard InChI is InChI=1S/C18H18FNO3S/c19-16-6-2-5-15-17(9-10-23-18(15)16)20-24(21,22)14-8-7-12-3-1-4-13(12)11-14/h2,5-8,11,17,20H,1,3-4,9-10H2/t17-/m0/s1. The summed E-state index contributed by atoms with van der Waals surface area (Å²) in [6.07, 6.45) is 3.47. The Morgan fingerprint density at radius 3 is 2.83 bits per heavy atom. The summed E-state index contributed by atoms with van der Waals surface area (Å²) < 4.78 is 47.4. The topological polar surface area (TPSA) is 55.4 Å². The highest BCUT2D eigenvalue weighted by molar-refractivity contribution is 7.89. The number of halogens is 1. The van der Waals surface area contributed by atoms with Crippen molar-refractivity contribution in [1.29, 1.82) is 0 Å². The molecule has 1 heterocycles. The quantitative estimate of drug-likeness (QED) is 0.928. The van der Waals surface area contributed by atoms with Crippen LogP contribution in [0.25, 0.3) is 0 Å². The molecule has 0 fully saturated rings. The molecule has 0 radical (unpaired) electrons. The minimum absolute atomic E-state index is 0.144. The van der Waals surface area contributed by atoms with Gasteiger partial charge < -0.3 is 4.74 Å². The number of para-hydroxylation sites is 1. The number of sulfonamides is 1. The van der Waals surface area contributed by atoms with Crippen molar-refractivity contribution in [3.8, 4) is 5.75 Å². The van der Waals surface area contributed by atoms with Crippen LogP contribution >= 0.6 is 0 Å². The average Bonchev–Trinajstić information content (AvgIpc) is 3.03. The third kappa shape index (κ3) is 2.70. The Morgan fingerprint density at radius 2 is 1.96 bits per heavy atom. The van der Waals surface area contributed by atoms with Crippen LogP contribution in [0.2, 0.25) is 0 Å². The van der Waals surface area contributed by atoms with Crippen LogP contribution < -0.4 is 9.46 Å². The zero-order valence-corrected chi connectivity index (χ0v) is 13.9. The fourth-order valence-electron chi connectivity index (χ4n) is 3.48. The Labute approximate surface area is 140 Å². The molecule has 0 bridgehead atoms. The van der Waals surface area contributed by atoms with Crippen LogP contribution in [0.4, 0.5) is 4.39 Å². The van der Waals surface area contributed by atoms with Gasteiger partial charge in [-0.05, 0) is 48.6 Å². The van der Waals surface area contributed by atoms with E-state index in [1.54, 1.807) is 24.3 Å². The van der Waals surface area contributed by atoms with E-state index in [9.17, 15) is 12.8 Å². The smallest absolute Gasteiger partial charge is 0.241 e. The minimum Gasteiger partial charge on any atom is -0.490 e. The molecule has 0 saturated heterocycles. The summed E-state index contributed by atoms with van der Waals surface area (Å²) in [7, 11) is -3.67. The highest BCUT2D eigenvalue weighted by Crippen LogP contribution is 2.35. The Bertz CT molecular complexity index is 895. The van der Waals surface area contributed by atoms with Gasteiger partial charge in [-0.15, -0.1) is 0 Å². The summed E-state index contributed by atoms with van der Waals surface area (Å²) >= 11 is 0. The second kappa shape index (κ2) is 5.86. The summed E-state index contributed by atoms with van der Waals surface area (Å²) in [5.74, 6) is -0.320. The van der Waals surface area contributed by atoms with E-state index in [1.165, 1.54) is 11.6 Å². The summed E-state index contributed by atoms with van der Waals surface area (Å²) in [5, 5.41) is 0. The molecule has 2 aliphatic rings. The lowest BCUT2D eigenvalue weighted by atomic mass is 10.0. The average molecular weight is 347 g/mol. The summed E-state index contributed by atoms with van der Waals surface area (Å²) in [5.41, 5.74) is 2.88. The molecule has 1 aliphatic heterocycles. The van der Waals surface area contributed by atoms with Gasteiger partial charge in [0.2, 0.25) is 10.0 Å². The highest BCUT2D eigenvalue weighted by atomic mass is 32.2. The van der Waals surface area contributed by atoms with Crippen LogP contribution in [0.5, 0.6) is 5.75 Å². The van der Waals surface area contributed by atoms with Gasteiger partial charge in [0.1, 0.15) is 0 Å². The maximum absolute atomic E-state index is 13.8. The van der Waals surface area contributed by atoms with Crippen molar-refractivity contribution in [3.63, 3.8) is 0 Å². The zero-order chi connectivity index (χ0) is 16.7. The Kier molecular flexibility index (Phi) is 3.81. The van der Waals surface area contributed by atoms with Crippen LogP contribution in [-0.2, 0) is 22.9 Å². The van der Waals surface area contributed by atoms with Crippen molar-refractivity contribution in [2.75, 3.05) is 6.61 Å². The Morgan fingerprint density at radius 1 is 1.12 bits per heavy atom. The van der Waals surface area contributed by atoms with Crippen molar-refractivity contribution in [1.82, 2.24) is 4.72 Å². The first-order valence-electron chi connectivity index (χ1n) is 8.10. The number of hydrogen-bond acceptors (Lipinski definition) is 3. The van der Waals surface area contributed by atoms with Crippen molar-refractivity contribution in [3.05, 3.63) is 58.9 Å². The van der Waals surface area contributed by atoms with E-state index in [2.05, 4.69) is 4.72 Å². The lowest BCUT2D eigenvalue weighted by Crippen LogP contribution is -2.32. The maximum Gasteiger partial charge on any atom is 0.241 e. The normalized spacial score (nSPS) is 19.5. The van der Waals surface area contributed by atoms with Crippen LogP contribution in [0.3, 0.4) is 0 Å². The summed E-state index contributed by atoms with van der Waals surface area (Å²) in [4.78, 5) is 0.271. The first kappa shape index (κ1) is 15.6. The molecule has 0 spiro atoms. The van der Waals surface area contributed by atoms with Crippen molar-refractivity contribution in [2.24, 2.45) is 0 Å². The Hall–Kier alpha value is -1.92. The molecule has 1 N–H and O–H groups in total. The molecule has 0 saturated carbocycles. The van der Waals surface area contributed by atoms with Gasteiger partial charge in [-0.3, -0.25) is 0 Å². The van der Waals surface area contributed by atoms with E-state index in [1.807, 2.05) is 6.07 Å². The van der Waals surface area contributed by atoms with Gasteiger partial charge in [-0.25, -0.2) is 17.5 Å². The van der Waals surface area contributed by atoms with Gasteiger partial charge in [0.15, 0.2) is 11.6 Å². The number of fused-ring (bicyclic) bond motifs is 2. The largest absolute Gasteiger partial charge is 0.490 e. The number of aryl methyl sites for hydroxylation is 2. The molecule has 2 aromatic rings. The summed E-state index contributed by atoms with van der Waals surface area (Å²) in [6.45, 7) is 0.283. The molecule has 1 aliphatic carbocycles. The van der Waals surface area contributed by atoms with Gasteiger partial charge in [0, 0.05) is 12.0 Å². The van der Waals surface area contributed by atoms with Gasteiger partial charge in [0.25, 0.3) is 0 Å². The molecule has 6 heteroatoms. The first-order chi connectivity index (χ1) is 11.5.